The Balaban J connectivity index is 1.99. The summed E-state index contributed by atoms with van der Waals surface area (Å²) in [4.78, 5) is 1.17. The molecule has 2 nitrogen and oxygen atoms in total. The summed E-state index contributed by atoms with van der Waals surface area (Å²) in [5.74, 6) is -1.32. The van der Waals surface area contributed by atoms with E-state index in [9.17, 15) is 8.78 Å². The maximum absolute atomic E-state index is 13.4. The van der Waals surface area contributed by atoms with Crippen molar-refractivity contribution in [3.05, 3.63) is 46.2 Å². The fraction of sp³-hybridized carbons (Fsp3) is 0.167. The van der Waals surface area contributed by atoms with E-state index in [2.05, 4.69) is 5.32 Å². The number of nitrogens with two attached hydrogens (primary N) is 1. The lowest BCUT2D eigenvalue weighted by Gasteiger charge is -2.08. The number of rotatable bonds is 4. The quantitative estimate of drug-likeness (QED) is 0.822. The third-order valence-corrected chi connectivity index (χ3v) is 3.25. The number of halogens is 2. The van der Waals surface area contributed by atoms with Gasteiger partial charge in [-0.05, 0) is 30.0 Å². The van der Waals surface area contributed by atoms with Crippen molar-refractivity contribution in [2.45, 2.75) is 6.42 Å². The molecule has 0 aliphatic heterocycles. The number of anilines is 2. The highest BCUT2D eigenvalue weighted by Gasteiger charge is 2.09. The van der Waals surface area contributed by atoms with Crippen LogP contribution in [0.5, 0.6) is 0 Å². The summed E-state index contributed by atoms with van der Waals surface area (Å²) in [6.45, 7) is 0.484. The molecule has 2 aromatic rings. The fourth-order valence-corrected chi connectivity index (χ4v) is 2.24. The van der Waals surface area contributed by atoms with Crippen LogP contribution >= 0.6 is 11.3 Å². The number of benzene rings is 1. The average molecular weight is 254 g/mol. The summed E-state index contributed by atoms with van der Waals surface area (Å²) in [5, 5.41) is 4.72. The molecular formula is C12H12F2N2S. The first-order valence-electron chi connectivity index (χ1n) is 5.17. The monoisotopic (exact) mass is 254 g/mol. The zero-order valence-corrected chi connectivity index (χ0v) is 9.86. The highest BCUT2D eigenvalue weighted by Crippen LogP contribution is 2.22. The molecule has 0 saturated carbocycles. The van der Waals surface area contributed by atoms with Crippen molar-refractivity contribution < 1.29 is 8.78 Å². The first-order chi connectivity index (χ1) is 8.16. The van der Waals surface area contributed by atoms with Gasteiger partial charge in [0, 0.05) is 17.1 Å². The topological polar surface area (TPSA) is 38.0 Å². The van der Waals surface area contributed by atoms with Crippen LogP contribution in [0.1, 0.15) is 4.88 Å². The van der Waals surface area contributed by atoms with E-state index >= 15 is 0 Å². The summed E-state index contributed by atoms with van der Waals surface area (Å²) >= 11 is 1.62. The molecule has 1 heterocycles. The van der Waals surface area contributed by atoms with Crippen molar-refractivity contribution in [1.82, 2.24) is 0 Å². The minimum Gasteiger partial charge on any atom is -0.399 e. The maximum Gasteiger partial charge on any atom is 0.151 e. The summed E-state index contributed by atoms with van der Waals surface area (Å²) in [7, 11) is 0. The Morgan fingerprint density at radius 3 is 2.53 bits per heavy atom. The van der Waals surface area contributed by atoms with Gasteiger partial charge in [0.05, 0.1) is 0 Å². The Bertz CT molecular complexity index is 474. The number of nitrogens with one attached hydrogen (secondary N) is 1. The molecule has 5 heteroatoms. The molecular weight excluding hydrogens is 242 g/mol. The van der Waals surface area contributed by atoms with E-state index in [0.717, 1.165) is 18.6 Å². The van der Waals surface area contributed by atoms with Gasteiger partial charge >= 0.3 is 0 Å². The van der Waals surface area contributed by atoms with E-state index in [-0.39, 0.29) is 11.4 Å². The minimum atomic E-state index is -0.659. The van der Waals surface area contributed by atoms with E-state index in [0.29, 0.717) is 6.54 Å². The fourth-order valence-electron chi connectivity index (χ4n) is 1.53. The Morgan fingerprint density at radius 1 is 1.24 bits per heavy atom. The van der Waals surface area contributed by atoms with Crippen LogP contribution in [-0.4, -0.2) is 6.54 Å². The van der Waals surface area contributed by atoms with E-state index in [1.54, 1.807) is 11.3 Å². The summed E-state index contributed by atoms with van der Waals surface area (Å²) in [6, 6.07) is 6.15. The summed E-state index contributed by atoms with van der Waals surface area (Å²) < 4.78 is 26.8. The van der Waals surface area contributed by atoms with Crippen LogP contribution in [0.4, 0.5) is 20.2 Å². The van der Waals surface area contributed by atoms with Crippen LogP contribution in [0.2, 0.25) is 0 Å². The van der Waals surface area contributed by atoms with E-state index < -0.39 is 11.6 Å². The van der Waals surface area contributed by atoms with Gasteiger partial charge in [0.2, 0.25) is 0 Å². The molecule has 1 aromatic heterocycles. The predicted octanol–water partition coefficient (Wildman–Crippen LogP) is 3.26. The normalized spacial score (nSPS) is 10.5. The van der Waals surface area contributed by atoms with Crippen molar-refractivity contribution in [3.63, 3.8) is 0 Å². The van der Waals surface area contributed by atoms with Gasteiger partial charge < -0.3 is 11.1 Å². The molecule has 0 radical (unpaired) electrons. The van der Waals surface area contributed by atoms with Gasteiger partial charge in [-0.15, -0.1) is 11.3 Å². The summed E-state index contributed by atoms with van der Waals surface area (Å²) in [5.41, 5.74) is 5.30. The van der Waals surface area contributed by atoms with Gasteiger partial charge in [0.15, 0.2) is 11.6 Å². The third kappa shape index (κ3) is 2.94. The smallest absolute Gasteiger partial charge is 0.151 e. The van der Waals surface area contributed by atoms with Gasteiger partial charge in [0.1, 0.15) is 5.69 Å². The summed E-state index contributed by atoms with van der Waals surface area (Å²) in [6.07, 6.45) is 0.737. The standard InChI is InChI=1S/C12H12F2N2S/c13-10-6-8(15)7-11(14)12(10)16-4-3-9-2-1-5-17-9/h1-2,5-7,16H,3-4,15H2. The predicted molar refractivity (Wildman–Crippen MR) is 67.3 cm³/mol. The van der Waals surface area contributed by atoms with E-state index in [1.807, 2.05) is 17.5 Å². The van der Waals surface area contributed by atoms with Crippen LogP contribution < -0.4 is 11.1 Å². The van der Waals surface area contributed by atoms with Crippen molar-refractivity contribution >= 4 is 22.7 Å². The van der Waals surface area contributed by atoms with Crippen molar-refractivity contribution in [3.8, 4) is 0 Å². The molecule has 0 unspecified atom stereocenters. The van der Waals surface area contributed by atoms with Crippen LogP contribution in [-0.2, 0) is 6.42 Å². The molecule has 0 atom stereocenters. The molecule has 0 aliphatic carbocycles. The molecule has 0 aliphatic rings. The highest BCUT2D eigenvalue weighted by atomic mass is 32.1. The van der Waals surface area contributed by atoms with Crippen molar-refractivity contribution in [2.75, 3.05) is 17.6 Å². The number of hydrogen-bond donors (Lipinski definition) is 2. The lowest BCUT2D eigenvalue weighted by atomic mass is 10.2. The Labute approximate surface area is 102 Å². The third-order valence-electron chi connectivity index (χ3n) is 2.32. The zero-order chi connectivity index (χ0) is 12.3. The van der Waals surface area contributed by atoms with Crippen LogP contribution in [0.3, 0.4) is 0 Å². The highest BCUT2D eigenvalue weighted by molar-refractivity contribution is 7.09. The van der Waals surface area contributed by atoms with Crippen LogP contribution in [0.25, 0.3) is 0 Å². The molecule has 0 bridgehead atoms. The molecule has 0 spiro atoms. The van der Waals surface area contributed by atoms with Gasteiger partial charge in [-0.1, -0.05) is 6.07 Å². The lowest BCUT2D eigenvalue weighted by molar-refractivity contribution is 0.589. The number of nitrogen functional groups attached to an aromatic ring is 1. The molecule has 17 heavy (non-hydrogen) atoms. The Morgan fingerprint density at radius 2 is 1.94 bits per heavy atom. The molecule has 1 aromatic carbocycles. The molecule has 0 amide bonds. The number of thiophene rings is 1. The van der Waals surface area contributed by atoms with Crippen molar-refractivity contribution in [2.24, 2.45) is 0 Å². The molecule has 0 saturated heterocycles. The molecule has 0 fully saturated rings. The Hall–Kier alpha value is -1.62. The molecule has 2 rings (SSSR count). The molecule has 90 valence electrons. The SMILES string of the molecule is Nc1cc(F)c(NCCc2cccs2)c(F)c1. The second-order valence-corrected chi connectivity index (χ2v) is 4.65. The van der Waals surface area contributed by atoms with Gasteiger partial charge in [0.25, 0.3) is 0 Å². The van der Waals surface area contributed by atoms with Crippen LogP contribution in [0, 0.1) is 11.6 Å². The van der Waals surface area contributed by atoms with Gasteiger partial charge in [-0.3, -0.25) is 0 Å². The van der Waals surface area contributed by atoms with Crippen molar-refractivity contribution in [1.29, 1.82) is 0 Å². The van der Waals surface area contributed by atoms with E-state index in [1.165, 1.54) is 4.88 Å². The number of hydrogen-bond acceptors (Lipinski definition) is 3. The second-order valence-electron chi connectivity index (χ2n) is 3.62. The Kier molecular flexibility index (Phi) is 3.58. The first kappa shape index (κ1) is 11.9. The zero-order valence-electron chi connectivity index (χ0n) is 9.04. The second kappa shape index (κ2) is 5.14. The van der Waals surface area contributed by atoms with Crippen LogP contribution in [0.15, 0.2) is 29.6 Å². The minimum absolute atomic E-state index is 0.0869. The van der Waals surface area contributed by atoms with Gasteiger partial charge in [-0.2, -0.15) is 0 Å². The molecule has 3 N–H and O–H groups in total. The van der Waals surface area contributed by atoms with Gasteiger partial charge in [-0.25, -0.2) is 8.78 Å². The first-order valence-corrected chi connectivity index (χ1v) is 6.05. The maximum atomic E-state index is 13.4. The van der Waals surface area contributed by atoms with E-state index in [4.69, 9.17) is 5.73 Å². The average Bonchev–Trinajstić information content (AvgIpc) is 2.74. The lowest BCUT2D eigenvalue weighted by Crippen LogP contribution is -2.08. The largest absolute Gasteiger partial charge is 0.399 e.